The van der Waals surface area contributed by atoms with Gasteiger partial charge < -0.3 is 9.47 Å². The summed E-state index contributed by atoms with van der Waals surface area (Å²) in [5.41, 5.74) is 4.60. The van der Waals surface area contributed by atoms with E-state index in [0.29, 0.717) is 0 Å². The number of cyclic esters (lactones) is 1. The van der Waals surface area contributed by atoms with Gasteiger partial charge in [0, 0.05) is 5.92 Å². The number of esters is 1. The molecular weight excluding hydrogens is 342 g/mol. The Labute approximate surface area is 157 Å². The van der Waals surface area contributed by atoms with Crippen molar-refractivity contribution in [3.8, 4) is 5.75 Å². The molecule has 5 nitrogen and oxygen atoms in total. The van der Waals surface area contributed by atoms with Gasteiger partial charge in [-0.25, -0.2) is 0 Å². The van der Waals surface area contributed by atoms with Crippen molar-refractivity contribution in [3.63, 3.8) is 0 Å². The number of hydrogen-bond donors (Lipinski definition) is 0. The van der Waals surface area contributed by atoms with Crippen LogP contribution < -0.4 is 4.74 Å². The fraction of sp³-hybridized carbons (Fsp3) is 0.409. The Balaban J connectivity index is 1.39. The van der Waals surface area contributed by atoms with Crippen LogP contribution in [0.2, 0.25) is 0 Å². The van der Waals surface area contributed by atoms with Crippen LogP contribution in [0.4, 0.5) is 0 Å². The Kier molecular flexibility index (Phi) is 3.96. The van der Waals surface area contributed by atoms with E-state index in [2.05, 4.69) is 35.3 Å². The number of carbonyl (C=O) groups is 2. The highest BCUT2D eigenvalue weighted by molar-refractivity contribution is 6.03. The summed E-state index contributed by atoms with van der Waals surface area (Å²) in [7, 11) is 0. The second kappa shape index (κ2) is 6.48. The molecule has 0 radical (unpaired) electrons. The van der Waals surface area contributed by atoms with Gasteiger partial charge in [-0.1, -0.05) is 24.3 Å². The molecule has 1 aliphatic heterocycles. The van der Waals surface area contributed by atoms with E-state index in [4.69, 9.17) is 9.47 Å². The van der Waals surface area contributed by atoms with Crippen molar-refractivity contribution in [3.05, 3.63) is 58.9 Å². The molecule has 3 aliphatic rings. The van der Waals surface area contributed by atoms with Crippen molar-refractivity contribution >= 4 is 11.8 Å². The summed E-state index contributed by atoms with van der Waals surface area (Å²) in [5, 5.41) is 0. The highest BCUT2D eigenvalue weighted by Crippen LogP contribution is 2.39. The predicted octanol–water partition coefficient (Wildman–Crippen LogP) is 3.45. The van der Waals surface area contributed by atoms with Gasteiger partial charge in [0.25, 0.3) is 0 Å². The molecule has 2 unspecified atom stereocenters. The zero-order valence-corrected chi connectivity index (χ0v) is 15.0. The van der Waals surface area contributed by atoms with Crippen LogP contribution in [0.15, 0.2) is 36.5 Å². The van der Waals surface area contributed by atoms with Crippen LogP contribution in [0.1, 0.15) is 60.1 Å². The van der Waals surface area contributed by atoms with Crippen LogP contribution in [0, 0.1) is 0 Å². The SMILES string of the molecule is O=C1CC(=O)C([C@@H]2CCCc3cc(OC4CCc5ccccc54)cnc32)O1. The second-order valence-electron chi connectivity index (χ2n) is 7.61. The molecule has 2 heterocycles. The van der Waals surface area contributed by atoms with Gasteiger partial charge >= 0.3 is 5.97 Å². The van der Waals surface area contributed by atoms with Crippen molar-refractivity contribution in [1.29, 1.82) is 0 Å². The lowest BCUT2D eigenvalue weighted by molar-refractivity contribution is -0.143. The lowest BCUT2D eigenvalue weighted by Gasteiger charge is -2.28. The summed E-state index contributed by atoms with van der Waals surface area (Å²) < 4.78 is 11.5. The van der Waals surface area contributed by atoms with Crippen molar-refractivity contribution in [2.24, 2.45) is 0 Å². The molecule has 5 heteroatoms. The maximum absolute atomic E-state index is 12.1. The average molecular weight is 363 g/mol. The number of carbonyl (C=O) groups excluding carboxylic acids is 2. The first kappa shape index (κ1) is 16.5. The molecule has 3 atom stereocenters. The number of ether oxygens (including phenoxy) is 2. The number of aromatic nitrogens is 1. The molecule has 2 aliphatic carbocycles. The number of nitrogens with zero attached hydrogens (tertiary/aromatic N) is 1. The van der Waals surface area contributed by atoms with E-state index < -0.39 is 12.1 Å². The molecule has 5 rings (SSSR count). The molecule has 0 N–H and O–H groups in total. The smallest absolute Gasteiger partial charge is 0.314 e. The third-order valence-electron chi connectivity index (χ3n) is 5.90. The van der Waals surface area contributed by atoms with Crippen LogP contribution in [0.3, 0.4) is 0 Å². The van der Waals surface area contributed by atoms with Crippen LogP contribution >= 0.6 is 0 Å². The number of fused-ring (bicyclic) bond motifs is 2. The van der Waals surface area contributed by atoms with Gasteiger partial charge in [0.05, 0.1) is 11.9 Å². The minimum absolute atomic E-state index is 0.0674. The molecule has 1 aromatic carbocycles. The highest BCUT2D eigenvalue weighted by atomic mass is 16.6. The zero-order valence-electron chi connectivity index (χ0n) is 15.0. The Morgan fingerprint density at radius 1 is 1.07 bits per heavy atom. The van der Waals surface area contributed by atoms with Crippen LogP contribution in [0.25, 0.3) is 0 Å². The van der Waals surface area contributed by atoms with Crippen LogP contribution in [-0.2, 0) is 27.2 Å². The van der Waals surface area contributed by atoms with Gasteiger partial charge in [-0.05, 0) is 54.9 Å². The summed E-state index contributed by atoms with van der Waals surface area (Å²) in [4.78, 5) is 28.2. The number of rotatable bonds is 3. The van der Waals surface area contributed by atoms with Gasteiger partial charge in [-0.3, -0.25) is 14.6 Å². The summed E-state index contributed by atoms with van der Waals surface area (Å²) in [6.45, 7) is 0. The van der Waals surface area contributed by atoms with E-state index in [9.17, 15) is 9.59 Å². The van der Waals surface area contributed by atoms with Crippen LogP contribution in [0.5, 0.6) is 5.75 Å². The maximum Gasteiger partial charge on any atom is 0.314 e. The monoisotopic (exact) mass is 363 g/mol. The first-order chi connectivity index (χ1) is 13.2. The van der Waals surface area contributed by atoms with Gasteiger partial charge in [0.1, 0.15) is 18.3 Å². The van der Waals surface area contributed by atoms with Crippen molar-refractivity contribution in [1.82, 2.24) is 4.98 Å². The number of pyridine rings is 1. The Morgan fingerprint density at radius 2 is 1.96 bits per heavy atom. The first-order valence-corrected chi connectivity index (χ1v) is 9.64. The Hall–Kier alpha value is -2.69. The van der Waals surface area contributed by atoms with E-state index in [1.165, 1.54) is 11.1 Å². The molecule has 0 spiro atoms. The molecule has 138 valence electrons. The molecule has 0 saturated carbocycles. The third kappa shape index (κ3) is 2.91. The van der Waals surface area contributed by atoms with Gasteiger partial charge in [-0.2, -0.15) is 0 Å². The molecule has 1 aromatic heterocycles. The normalized spacial score (nSPS) is 26.4. The fourth-order valence-corrected chi connectivity index (χ4v) is 4.64. The summed E-state index contributed by atoms with van der Waals surface area (Å²) in [5.74, 6) is 0.0966. The zero-order chi connectivity index (χ0) is 18.4. The van der Waals surface area contributed by atoms with E-state index in [0.717, 1.165) is 49.1 Å². The summed E-state index contributed by atoms with van der Waals surface area (Å²) in [6.07, 6.45) is 5.73. The number of Topliss-reactive ketones (excluding diaryl/α,β-unsaturated/α-hetero) is 1. The minimum Gasteiger partial charge on any atom is -0.484 e. The Morgan fingerprint density at radius 3 is 2.81 bits per heavy atom. The molecule has 0 amide bonds. The summed E-state index contributed by atoms with van der Waals surface area (Å²) >= 11 is 0. The number of ketones is 1. The second-order valence-corrected chi connectivity index (χ2v) is 7.61. The fourth-order valence-electron chi connectivity index (χ4n) is 4.64. The molecular formula is C22H21NO4. The number of hydrogen-bond acceptors (Lipinski definition) is 5. The molecule has 0 bridgehead atoms. The topological polar surface area (TPSA) is 65.5 Å². The van der Waals surface area contributed by atoms with Gasteiger partial charge in [-0.15, -0.1) is 0 Å². The lowest BCUT2D eigenvalue weighted by atomic mass is 9.82. The largest absolute Gasteiger partial charge is 0.484 e. The van der Waals surface area contributed by atoms with E-state index in [1.807, 2.05) is 0 Å². The minimum atomic E-state index is -0.669. The predicted molar refractivity (Wildman–Crippen MR) is 97.6 cm³/mol. The van der Waals surface area contributed by atoms with Crippen molar-refractivity contribution in [2.45, 2.75) is 56.7 Å². The molecule has 27 heavy (non-hydrogen) atoms. The van der Waals surface area contributed by atoms with Crippen molar-refractivity contribution < 1.29 is 19.1 Å². The standard InChI is InChI=1S/C22H21NO4/c24-18-11-20(25)27-22(18)17-7-3-5-14-10-15(12-23-21(14)17)26-19-9-8-13-4-1-2-6-16(13)19/h1-2,4,6,10,12,17,19,22H,3,5,7-9,11H2/t17-,19?,22?/m1/s1. The van der Waals surface area contributed by atoms with Gasteiger partial charge in [0.2, 0.25) is 0 Å². The average Bonchev–Trinajstić information content (AvgIpc) is 3.24. The molecule has 1 fully saturated rings. The quantitative estimate of drug-likeness (QED) is 0.617. The van der Waals surface area contributed by atoms with E-state index in [-0.39, 0.29) is 24.2 Å². The number of aryl methyl sites for hydroxylation is 2. The lowest BCUT2D eigenvalue weighted by Crippen LogP contribution is -2.29. The van der Waals surface area contributed by atoms with Crippen LogP contribution in [-0.4, -0.2) is 22.8 Å². The number of benzene rings is 1. The van der Waals surface area contributed by atoms with E-state index in [1.54, 1.807) is 6.20 Å². The molecule has 2 aromatic rings. The first-order valence-electron chi connectivity index (χ1n) is 9.64. The molecule has 1 saturated heterocycles. The van der Waals surface area contributed by atoms with E-state index >= 15 is 0 Å². The maximum atomic E-state index is 12.1. The Bertz CT molecular complexity index is 922. The third-order valence-corrected chi connectivity index (χ3v) is 5.90. The summed E-state index contributed by atoms with van der Waals surface area (Å²) in [6, 6.07) is 10.5. The van der Waals surface area contributed by atoms with Crippen molar-refractivity contribution in [2.75, 3.05) is 0 Å². The van der Waals surface area contributed by atoms with Gasteiger partial charge in [0.15, 0.2) is 11.9 Å². The highest BCUT2D eigenvalue weighted by Gasteiger charge is 2.41.